The van der Waals surface area contributed by atoms with E-state index in [1.165, 1.54) is 10.6 Å². The van der Waals surface area contributed by atoms with Crippen LogP contribution in [-0.4, -0.2) is 24.9 Å². The summed E-state index contributed by atoms with van der Waals surface area (Å²) in [7, 11) is 2.00. The van der Waals surface area contributed by atoms with Gasteiger partial charge in [0.15, 0.2) is 0 Å². The van der Waals surface area contributed by atoms with Crippen LogP contribution < -0.4 is 10.6 Å². The molecule has 0 spiro atoms. The summed E-state index contributed by atoms with van der Waals surface area (Å²) in [4.78, 5) is 1.34. The van der Waals surface area contributed by atoms with Crippen molar-refractivity contribution in [2.75, 3.05) is 18.9 Å². The lowest BCUT2D eigenvalue weighted by Gasteiger charge is -2.32. The molecule has 2 atom stereocenters. The second-order valence-corrected chi connectivity index (χ2v) is 5.90. The van der Waals surface area contributed by atoms with Crippen LogP contribution in [0.4, 0.5) is 5.69 Å². The lowest BCUT2D eigenvalue weighted by Crippen LogP contribution is -2.38. The number of thioether (sulfide) groups is 1. The fraction of sp³-hybridized carbons (Fsp3) is 0.455. The van der Waals surface area contributed by atoms with Crippen molar-refractivity contribution in [2.24, 2.45) is 0 Å². The van der Waals surface area contributed by atoms with Gasteiger partial charge in [-0.25, -0.2) is 0 Å². The Labute approximate surface area is 103 Å². The third-order valence-electron chi connectivity index (χ3n) is 2.59. The quantitative estimate of drug-likeness (QED) is 0.874. The first kappa shape index (κ1) is 11.3. The van der Waals surface area contributed by atoms with Gasteiger partial charge >= 0.3 is 0 Å². The average Bonchev–Trinajstić information content (AvgIpc) is 2.21. The number of hydrogen-bond donors (Lipinski definition) is 2. The van der Waals surface area contributed by atoms with Gasteiger partial charge in [0.05, 0.1) is 5.69 Å². The van der Waals surface area contributed by atoms with E-state index in [1.807, 2.05) is 18.8 Å². The van der Waals surface area contributed by atoms with Gasteiger partial charge in [-0.3, -0.25) is 0 Å². The van der Waals surface area contributed by atoms with Crippen molar-refractivity contribution in [3.8, 4) is 0 Å². The minimum atomic E-state index is 0.494. The molecular weight excluding hydrogens is 272 g/mol. The topological polar surface area (TPSA) is 24.1 Å². The van der Waals surface area contributed by atoms with Crippen molar-refractivity contribution >= 4 is 33.4 Å². The van der Waals surface area contributed by atoms with Crippen LogP contribution in [0.15, 0.2) is 27.6 Å². The van der Waals surface area contributed by atoms with Gasteiger partial charge < -0.3 is 10.6 Å². The van der Waals surface area contributed by atoms with Gasteiger partial charge in [0.25, 0.3) is 0 Å². The van der Waals surface area contributed by atoms with Gasteiger partial charge in [0.1, 0.15) is 0 Å². The molecule has 1 aromatic rings. The van der Waals surface area contributed by atoms with Crippen LogP contribution in [-0.2, 0) is 0 Å². The molecule has 1 aromatic carbocycles. The number of fused-ring (bicyclic) bond motifs is 1. The summed E-state index contributed by atoms with van der Waals surface area (Å²) < 4.78 is 1.15. The van der Waals surface area contributed by atoms with Gasteiger partial charge in [-0.15, -0.1) is 11.8 Å². The smallest absolute Gasteiger partial charge is 0.0625 e. The fourth-order valence-electron chi connectivity index (χ4n) is 1.75. The molecule has 0 bridgehead atoms. The highest BCUT2D eigenvalue weighted by Gasteiger charge is 2.25. The number of para-hydroxylation sites is 1. The predicted octanol–water partition coefficient (Wildman–Crippen LogP) is 2.94. The average molecular weight is 287 g/mol. The lowest BCUT2D eigenvalue weighted by molar-refractivity contribution is 0.664. The molecule has 2 nitrogen and oxygen atoms in total. The highest BCUT2D eigenvalue weighted by molar-refractivity contribution is 9.10. The van der Waals surface area contributed by atoms with E-state index in [0.29, 0.717) is 11.3 Å². The molecule has 82 valence electrons. The Morgan fingerprint density at radius 2 is 2.33 bits per heavy atom. The first-order chi connectivity index (χ1) is 7.22. The van der Waals surface area contributed by atoms with E-state index in [2.05, 4.69) is 51.7 Å². The first-order valence-electron chi connectivity index (χ1n) is 5.08. The Balaban J connectivity index is 2.25. The summed E-state index contributed by atoms with van der Waals surface area (Å²) in [6, 6.07) is 6.84. The summed E-state index contributed by atoms with van der Waals surface area (Å²) in [5.41, 5.74) is 1.24. The van der Waals surface area contributed by atoms with Crippen LogP contribution in [0.1, 0.15) is 6.92 Å². The Bertz CT molecular complexity index is 356. The van der Waals surface area contributed by atoms with Gasteiger partial charge in [0.2, 0.25) is 0 Å². The van der Waals surface area contributed by atoms with Crippen molar-refractivity contribution in [1.29, 1.82) is 0 Å². The summed E-state index contributed by atoms with van der Waals surface area (Å²) in [5, 5.41) is 7.39. The molecule has 1 aliphatic rings. The number of hydrogen-bond acceptors (Lipinski definition) is 3. The molecule has 0 fully saturated rings. The zero-order chi connectivity index (χ0) is 10.8. The molecule has 0 amide bonds. The number of nitrogens with one attached hydrogen (secondary N) is 2. The zero-order valence-corrected chi connectivity index (χ0v) is 11.3. The molecule has 1 heterocycles. The Hall–Kier alpha value is -0.190. The van der Waals surface area contributed by atoms with E-state index >= 15 is 0 Å². The van der Waals surface area contributed by atoms with E-state index in [0.717, 1.165) is 11.0 Å². The molecule has 0 saturated carbocycles. The number of anilines is 1. The molecule has 15 heavy (non-hydrogen) atoms. The number of rotatable bonds is 2. The summed E-state index contributed by atoms with van der Waals surface area (Å²) >= 11 is 5.53. The molecule has 2 rings (SSSR count). The lowest BCUT2D eigenvalue weighted by atomic mass is 10.2. The normalized spacial score (nSPS) is 24.5. The Kier molecular flexibility index (Phi) is 3.59. The minimum absolute atomic E-state index is 0.494. The first-order valence-corrected chi connectivity index (χ1v) is 6.76. The van der Waals surface area contributed by atoms with Crippen LogP contribution in [0.25, 0.3) is 0 Å². The summed E-state index contributed by atoms with van der Waals surface area (Å²) in [6.07, 6.45) is 0. The third kappa shape index (κ3) is 2.32. The van der Waals surface area contributed by atoms with Crippen molar-refractivity contribution in [2.45, 2.75) is 23.1 Å². The summed E-state index contributed by atoms with van der Waals surface area (Å²) in [6.45, 7) is 3.27. The van der Waals surface area contributed by atoms with Crippen molar-refractivity contribution in [3.63, 3.8) is 0 Å². The van der Waals surface area contributed by atoms with Crippen molar-refractivity contribution < 1.29 is 0 Å². The number of halogens is 1. The maximum absolute atomic E-state index is 3.58. The highest BCUT2D eigenvalue weighted by Crippen LogP contribution is 2.41. The fourth-order valence-corrected chi connectivity index (χ4v) is 3.65. The second kappa shape index (κ2) is 4.76. The number of benzene rings is 1. The predicted molar refractivity (Wildman–Crippen MR) is 70.8 cm³/mol. The van der Waals surface area contributed by atoms with E-state index in [4.69, 9.17) is 0 Å². The molecular formula is C11H15BrN2S. The molecule has 1 aliphatic heterocycles. The molecule has 0 aromatic heterocycles. The van der Waals surface area contributed by atoms with Crippen LogP contribution in [0.3, 0.4) is 0 Å². The Morgan fingerprint density at radius 1 is 1.53 bits per heavy atom. The van der Waals surface area contributed by atoms with Crippen LogP contribution >= 0.6 is 27.7 Å². The largest absolute Gasteiger partial charge is 0.380 e. The second-order valence-electron chi connectivity index (χ2n) is 3.76. The van der Waals surface area contributed by atoms with Gasteiger partial charge in [-0.2, -0.15) is 0 Å². The van der Waals surface area contributed by atoms with E-state index in [1.54, 1.807) is 0 Å². The molecule has 4 heteroatoms. The monoisotopic (exact) mass is 286 g/mol. The Morgan fingerprint density at radius 3 is 3.07 bits per heavy atom. The van der Waals surface area contributed by atoms with Gasteiger partial charge in [-0.1, -0.05) is 6.07 Å². The molecule has 2 unspecified atom stereocenters. The molecule has 0 saturated heterocycles. The van der Waals surface area contributed by atoms with Crippen molar-refractivity contribution in [1.82, 2.24) is 5.32 Å². The molecule has 0 aliphatic carbocycles. The van der Waals surface area contributed by atoms with E-state index < -0.39 is 0 Å². The van der Waals surface area contributed by atoms with Crippen LogP contribution in [0.5, 0.6) is 0 Å². The van der Waals surface area contributed by atoms with Gasteiger partial charge in [-0.05, 0) is 42.0 Å². The molecule has 0 radical (unpaired) electrons. The minimum Gasteiger partial charge on any atom is -0.380 e. The van der Waals surface area contributed by atoms with Crippen LogP contribution in [0, 0.1) is 0 Å². The van der Waals surface area contributed by atoms with Crippen LogP contribution in [0.2, 0.25) is 0 Å². The zero-order valence-electron chi connectivity index (χ0n) is 8.88. The van der Waals surface area contributed by atoms with E-state index in [9.17, 15) is 0 Å². The van der Waals surface area contributed by atoms with E-state index in [-0.39, 0.29) is 0 Å². The highest BCUT2D eigenvalue weighted by atomic mass is 79.9. The van der Waals surface area contributed by atoms with Crippen molar-refractivity contribution in [3.05, 3.63) is 22.7 Å². The molecule has 2 N–H and O–H groups in total. The van der Waals surface area contributed by atoms with Gasteiger partial charge in [0, 0.05) is 27.2 Å². The standard InChI is InChI=1S/C11H15BrN2S/c1-7-10(6-13-2)15-9-5-3-4-8(12)11(9)14-7/h3-5,7,10,13-14H,6H2,1-2H3. The maximum atomic E-state index is 3.58. The summed E-state index contributed by atoms with van der Waals surface area (Å²) in [5.74, 6) is 0. The SMILES string of the molecule is CNCC1Sc2cccc(Br)c2NC1C. The third-order valence-corrected chi connectivity index (χ3v) is 4.72. The maximum Gasteiger partial charge on any atom is 0.0625 e.